The summed E-state index contributed by atoms with van der Waals surface area (Å²) in [4.78, 5) is 20.4. The van der Waals surface area contributed by atoms with Gasteiger partial charge >= 0.3 is 17.4 Å². The number of hydrogen-bond donors (Lipinski definition) is 0. The fourth-order valence-electron chi connectivity index (χ4n) is 0.853. The number of aromatic nitrogens is 1. The summed E-state index contributed by atoms with van der Waals surface area (Å²) < 4.78 is 57.5. The molecule has 0 aliphatic heterocycles. The number of alkyl halides is 3. The Morgan fingerprint density at radius 2 is 2.20 bits per heavy atom. The summed E-state index contributed by atoms with van der Waals surface area (Å²) in [7, 11) is 0. The first-order valence-corrected chi connectivity index (χ1v) is 3.43. The van der Waals surface area contributed by atoms with E-state index in [0.717, 1.165) is 0 Å². The summed E-state index contributed by atoms with van der Waals surface area (Å²) in [6, 6.07) is 0.00454. The molecular weight excluding hydrogens is 217 g/mol. The van der Waals surface area contributed by atoms with Crippen LogP contribution in [0.15, 0.2) is 17.1 Å². The van der Waals surface area contributed by atoms with E-state index in [4.69, 9.17) is 4.11 Å². The zero-order valence-corrected chi connectivity index (χ0v) is 6.91. The lowest BCUT2D eigenvalue weighted by Crippen LogP contribution is -2.22. The van der Waals surface area contributed by atoms with E-state index in [0.29, 0.717) is 0 Å². The van der Waals surface area contributed by atoms with Gasteiger partial charge in [0.25, 0.3) is 0 Å². The van der Waals surface area contributed by atoms with E-state index in [1.165, 1.54) is 0 Å². The van der Waals surface area contributed by atoms with E-state index in [2.05, 4.69) is 0 Å². The SMILES string of the molecule is [2H]C([2H])([2H])n1cc(C(F)(F)F)cc([N+](=O)[O-])c1=O. The summed E-state index contributed by atoms with van der Waals surface area (Å²) in [5, 5.41) is 10.4. The van der Waals surface area contributed by atoms with Crippen molar-refractivity contribution in [1.29, 1.82) is 0 Å². The summed E-state index contributed by atoms with van der Waals surface area (Å²) >= 11 is 0. The molecule has 1 rings (SSSR count). The molecule has 5 nitrogen and oxygen atoms in total. The molecule has 0 saturated heterocycles. The Bertz CT molecular complexity index is 550. The van der Waals surface area contributed by atoms with E-state index >= 15 is 0 Å². The molecule has 1 aromatic rings. The molecule has 0 N–H and O–H groups in total. The molecule has 0 atom stereocenters. The van der Waals surface area contributed by atoms with Gasteiger partial charge in [-0.3, -0.25) is 14.9 Å². The summed E-state index contributed by atoms with van der Waals surface area (Å²) in [5.74, 6) is 0. The van der Waals surface area contributed by atoms with Gasteiger partial charge in [-0.1, -0.05) is 0 Å². The minimum absolute atomic E-state index is 0.00454. The molecule has 0 bridgehead atoms. The predicted molar refractivity (Wildman–Crippen MR) is 43.3 cm³/mol. The Morgan fingerprint density at radius 3 is 2.60 bits per heavy atom. The van der Waals surface area contributed by atoms with Gasteiger partial charge < -0.3 is 4.57 Å². The molecule has 0 aliphatic rings. The van der Waals surface area contributed by atoms with Crippen molar-refractivity contribution < 1.29 is 22.2 Å². The van der Waals surface area contributed by atoms with Crippen molar-refractivity contribution in [2.45, 2.75) is 6.18 Å². The van der Waals surface area contributed by atoms with Crippen molar-refractivity contribution in [1.82, 2.24) is 4.57 Å². The lowest BCUT2D eigenvalue weighted by molar-refractivity contribution is -0.386. The quantitative estimate of drug-likeness (QED) is 0.534. The second-order valence-corrected chi connectivity index (χ2v) is 2.54. The third-order valence-corrected chi connectivity index (χ3v) is 1.52. The number of nitrogens with zero attached hydrogens (tertiary/aromatic N) is 2. The second-order valence-electron chi connectivity index (χ2n) is 2.54. The third kappa shape index (κ3) is 2.14. The smallest absolute Gasteiger partial charge is 0.312 e. The standard InChI is InChI=1S/C7H5F3N2O3/c1-11-3-4(7(8,9)10)2-5(6(11)13)12(14)15/h2-3H,1H3/i1D3. The van der Waals surface area contributed by atoms with Crippen LogP contribution in [0.5, 0.6) is 0 Å². The van der Waals surface area contributed by atoms with E-state index < -0.39 is 34.9 Å². The van der Waals surface area contributed by atoms with E-state index in [9.17, 15) is 28.1 Å². The topological polar surface area (TPSA) is 65.1 Å². The Labute approximate surface area is 85.1 Å². The van der Waals surface area contributed by atoms with Crippen molar-refractivity contribution in [2.75, 3.05) is 0 Å². The Morgan fingerprint density at radius 1 is 1.60 bits per heavy atom. The number of nitro groups is 1. The average molecular weight is 225 g/mol. The zero-order valence-electron chi connectivity index (χ0n) is 9.91. The number of halogens is 3. The maximum Gasteiger partial charge on any atom is 0.418 e. The van der Waals surface area contributed by atoms with Crippen molar-refractivity contribution in [3.63, 3.8) is 0 Å². The Hall–Kier alpha value is -1.86. The van der Waals surface area contributed by atoms with Gasteiger partial charge in [-0.15, -0.1) is 0 Å². The maximum absolute atomic E-state index is 12.4. The second kappa shape index (κ2) is 3.37. The number of hydrogen-bond acceptors (Lipinski definition) is 3. The van der Waals surface area contributed by atoms with Crippen molar-refractivity contribution in [3.05, 3.63) is 38.3 Å². The van der Waals surface area contributed by atoms with E-state index in [1.54, 1.807) is 0 Å². The molecule has 0 aromatic carbocycles. The van der Waals surface area contributed by atoms with Gasteiger partial charge in [0.15, 0.2) is 0 Å². The van der Waals surface area contributed by atoms with Crippen molar-refractivity contribution >= 4 is 5.69 Å². The monoisotopic (exact) mass is 225 g/mol. The highest BCUT2D eigenvalue weighted by atomic mass is 19.4. The van der Waals surface area contributed by atoms with Gasteiger partial charge in [-0.05, 0) is 0 Å². The third-order valence-electron chi connectivity index (χ3n) is 1.52. The largest absolute Gasteiger partial charge is 0.418 e. The van der Waals surface area contributed by atoms with Gasteiger partial charge in [0.2, 0.25) is 0 Å². The minimum Gasteiger partial charge on any atom is -0.312 e. The van der Waals surface area contributed by atoms with Gasteiger partial charge in [0.05, 0.1) is 10.5 Å². The molecule has 0 spiro atoms. The molecule has 0 radical (unpaired) electrons. The highest BCUT2D eigenvalue weighted by Crippen LogP contribution is 2.29. The van der Waals surface area contributed by atoms with Gasteiger partial charge in [-0.25, -0.2) is 0 Å². The number of pyridine rings is 1. The Kier molecular flexibility index (Phi) is 1.67. The lowest BCUT2D eigenvalue weighted by Gasteiger charge is -2.07. The molecule has 0 aliphatic carbocycles. The van der Waals surface area contributed by atoms with E-state index in [1.807, 2.05) is 0 Å². The Balaban J connectivity index is 3.69. The molecule has 8 heteroatoms. The first kappa shape index (κ1) is 7.43. The molecule has 0 amide bonds. The molecule has 82 valence electrons. The highest BCUT2D eigenvalue weighted by Gasteiger charge is 2.33. The van der Waals surface area contributed by atoms with Crippen LogP contribution in [0.2, 0.25) is 0 Å². The molecular formula is C7H5F3N2O3. The molecule has 0 saturated carbocycles. The number of aryl methyl sites for hydroxylation is 1. The summed E-state index contributed by atoms with van der Waals surface area (Å²) in [5.41, 5.74) is -4.64. The number of rotatable bonds is 1. The fourth-order valence-corrected chi connectivity index (χ4v) is 0.853. The van der Waals surface area contributed by atoms with Crippen LogP contribution in [0.3, 0.4) is 0 Å². The predicted octanol–water partition coefficient (Wildman–Crippen LogP) is 1.31. The first-order chi connectivity index (χ1) is 7.94. The fraction of sp³-hybridized carbons (Fsp3) is 0.286. The molecule has 0 fully saturated rings. The first-order valence-electron chi connectivity index (χ1n) is 4.93. The average Bonchev–Trinajstić information content (AvgIpc) is 2.13. The molecule has 1 aromatic heterocycles. The molecule has 15 heavy (non-hydrogen) atoms. The van der Waals surface area contributed by atoms with Crippen LogP contribution in [0.4, 0.5) is 18.9 Å². The molecule has 1 heterocycles. The van der Waals surface area contributed by atoms with Crippen LogP contribution in [0, 0.1) is 10.1 Å². The van der Waals surface area contributed by atoms with Crippen molar-refractivity contribution in [2.24, 2.45) is 6.98 Å². The minimum atomic E-state index is -4.99. The van der Waals surface area contributed by atoms with Crippen LogP contribution < -0.4 is 5.56 Å². The molecule has 0 unspecified atom stereocenters. The van der Waals surface area contributed by atoms with Gasteiger partial charge in [0, 0.05) is 23.4 Å². The van der Waals surface area contributed by atoms with Crippen LogP contribution in [-0.2, 0) is 13.2 Å². The summed E-state index contributed by atoms with van der Waals surface area (Å²) in [6.45, 7) is -3.23. The summed E-state index contributed by atoms with van der Waals surface area (Å²) in [6.07, 6.45) is -4.96. The van der Waals surface area contributed by atoms with Crippen LogP contribution in [0.1, 0.15) is 9.68 Å². The lowest BCUT2D eigenvalue weighted by atomic mass is 10.2. The highest BCUT2D eigenvalue weighted by molar-refractivity contribution is 5.32. The van der Waals surface area contributed by atoms with Gasteiger partial charge in [0.1, 0.15) is 0 Å². The zero-order chi connectivity index (χ0) is 14.3. The van der Waals surface area contributed by atoms with E-state index in [-0.39, 0.29) is 16.8 Å². The van der Waals surface area contributed by atoms with Gasteiger partial charge in [-0.2, -0.15) is 13.2 Å². The maximum atomic E-state index is 12.4. The van der Waals surface area contributed by atoms with Crippen molar-refractivity contribution in [3.8, 4) is 0 Å². The van der Waals surface area contributed by atoms with Crippen LogP contribution in [0.25, 0.3) is 0 Å². The van der Waals surface area contributed by atoms with Crippen LogP contribution in [-0.4, -0.2) is 9.49 Å². The van der Waals surface area contributed by atoms with Crippen LogP contribution >= 0.6 is 0 Å². The normalized spacial score (nSPS) is 15.3.